The first kappa shape index (κ1) is 12.7. The van der Waals surface area contributed by atoms with Gasteiger partial charge in [-0.15, -0.1) is 0 Å². The molecule has 0 aliphatic heterocycles. The molecule has 1 aromatic rings. The fourth-order valence-corrected chi connectivity index (χ4v) is 0.839. The summed E-state index contributed by atoms with van der Waals surface area (Å²) in [4.78, 5) is 10.2. The first-order chi connectivity index (χ1) is 7.34. The highest BCUT2D eigenvalue weighted by Crippen LogP contribution is 2.25. The summed E-state index contributed by atoms with van der Waals surface area (Å²) in [5.74, 6) is -9.29. The van der Waals surface area contributed by atoms with Crippen LogP contribution < -0.4 is 4.74 Å². The van der Waals surface area contributed by atoms with Gasteiger partial charge in [-0.05, 0) is 11.6 Å². The summed E-state index contributed by atoms with van der Waals surface area (Å²) >= 11 is 4.62. The molecule has 0 aliphatic carbocycles. The van der Waals surface area contributed by atoms with E-state index < -0.39 is 40.6 Å². The Hall–Kier alpha value is -1.37. The number of benzene rings is 1. The van der Waals surface area contributed by atoms with E-state index in [9.17, 15) is 26.7 Å². The van der Waals surface area contributed by atoms with Crippen LogP contribution in [0.2, 0.25) is 0 Å². The number of alkyl halides is 1. The third kappa shape index (κ3) is 2.41. The molecule has 8 heteroatoms. The van der Waals surface area contributed by atoms with Crippen molar-refractivity contribution in [1.29, 1.82) is 0 Å². The highest BCUT2D eigenvalue weighted by molar-refractivity contribution is 6.64. The summed E-state index contributed by atoms with van der Waals surface area (Å²) < 4.78 is 66.8. The number of ether oxygens (including phenoxy) is 1. The zero-order chi connectivity index (χ0) is 12.5. The minimum absolute atomic E-state index is 0.0557. The number of hydrogen-bond acceptors (Lipinski definition) is 2. The number of carbonyl (C=O) groups excluding carboxylic acids is 1. The van der Waals surface area contributed by atoms with E-state index >= 15 is 0 Å². The first-order valence-electron chi connectivity index (χ1n) is 3.67. The Morgan fingerprint density at radius 2 is 1.75 bits per heavy atom. The van der Waals surface area contributed by atoms with Gasteiger partial charge in [0, 0.05) is 6.07 Å². The van der Waals surface area contributed by atoms with Gasteiger partial charge in [0.1, 0.15) is 0 Å². The number of rotatable bonds is 3. The van der Waals surface area contributed by atoms with Crippen LogP contribution in [-0.4, -0.2) is 11.6 Å². The van der Waals surface area contributed by atoms with Crippen molar-refractivity contribution in [3.63, 3.8) is 0 Å². The zero-order valence-electron chi connectivity index (χ0n) is 7.24. The van der Waals surface area contributed by atoms with Crippen molar-refractivity contribution >= 4 is 16.8 Å². The molecule has 1 aromatic carbocycles. The van der Waals surface area contributed by atoms with E-state index in [1.807, 2.05) is 0 Å². The molecular formula is C8H2ClF5O2. The predicted molar refractivity (Wildman–Crippen MR) is 42.7 cm³/mol. The molecule has 0 spiro atoms. The van der Waals surface area contributed by atoms with E-state index in [1.165, 1.54) is 0 Å². The van der Waals surface area contributed by atoms with E-state index in [4.69, 9.17) is 0 Å². The quantitative estimate of drug-likeness (QED) is 0.361. The molecule has 0 fully saturated rings. The lowest BCUT2D eigenvalue weighted by Gasteiger charge is -2.09. The molecule has 0 heterocycles. The maximum atomic E-state index is 12.8. The minimum atomic E-state index is -2.81. The molecule has 0 aliphatic rings. The highest BCUT2D eigenvalue weighted by Gasteiger charge is 2.24. The number of hydrogen-bond donors (Lipinski definition) is 0. The van der Waals surface area contributed by atoms with Crippen LogP contribution in [0.3, 0.4) is 0 Å². The van der Waals surface area contributed by atoms with Crippen molar-refractivity contribution in [2.24, 2.45) is 0 Å². The Labute approximate surface area is 90.6 Å². The monoisotopic (exact) mass is 260 g/mol. The van der Waals surface area contributed by atoms with Gasteiger partial charge in [0.2, 0.25) is 11.6 Å². The maximum absolute atomic E-state index is 12.8. The molecule has 16 heavy (non-hydrogen) atoms. The number of carbonyl (C=O) groups is 1. The van der Waals surface area contributed by atoms with E-state index in [2.05, 4.69) is 16.3 Å². The van der Waals surface area contributed by atoms with Crippen LogP contribution in [0.25, 0.3) is 0 Å². The molecule has 1 rings (SSSR count). The molecule has 0 aromatic heterocycles. The average molecular weight is 261 g/mol. The maximum Gasteiger partial charge on any atom is 0.312 e. The summed E-state index contributed by atoms with van der Waals surface area (Å²) in [5.41, 5.74) is 0. The second-order valence-corrected chi connectivity index (χ2v) is 2.91. The Morgan fingerprint density at radius 3 is 2.25 bits per heavy atom. The van der Waals surface area contributed by atoms with Gasteiger partial charge in [0.05, 0.1) is 0 Å². The SMILES string of the molecule is O=C(Cl)C(F)Oc1cc(F)c(F)c(F)c1F. The highest BCUT2D eigenvalue weighted by atomic mass is 35.5. The van der Waals surface area contributed by atoms with Crippen molar-refractivity contribution in [3.8, 4) is 5.75 Å². The molecule has 0 N–H and O–H groups in total. The van der Waals surface area contributed by atoms with Crippen LogP contribution >= 0.6 is 11.6 Å². The second kappa shape index (κ2) is 4.65. The summed E-state index contributed by atoms with van der Waals surface area (Å²) in [6.07, 6.45) is -2.81. The van der Waals surface area contributed by atoms with Crippen LogP contribution in [0.1, 0.15) is 0 Å². The summed E-state index contributed by atoms with van der Waals surface area (Å²) in [7, 11) is 0. The van der Waals surface area contributed by atoms with Gasteiger partial charge in [-0.25, -0.2) is 13.2 Å². The Balaban J connectivity index is 3.11. The van der Waals surface area contributed by atoms with E-state index in [0.29, 0.717) is 0 Å². The second-order valence-electron chi connectivity index (χ2n) is 2.54. The molecule has 1 unspecified atom stereocenters. The minimum Gasteiger partial charge on any atom is -0.449 e. The van der Waals surface area contributed by atoms with Gasteiger partial charge in [0.15, 0.2) is 17.4 Å². The van der Waals surface area contributed by atoms with E-state index in [-0.39, 0.29) is 6.07 Å². The van der Waals surface area contributed by atoms with Gasteiger partial charge in [-0.2, -0.15) is 8.78 Å². The topological polar surface area (TPSA) is 26.3 Å². The average Bonchev–Trinajstić information content (AvgIpc) is 2.22. The lowest BCUT2D eigenvalue weighted by atomic mass is 10.3. The van der Waals surface area contributed by atoms with Crippen molar-refractivity contribution in [2.75, 3.05) is 0 Å². The van der Waals surface area contributed by atoms with Crippen LogP contribution in [0.4, 0.5) is 22.0 Å². The van der Waals surface area contributed by atoms with Crippen molar-refractivity contribution < 1.29 is 31.5 Å². The van der Waals surface area contributed by atoms with Gasteiger partial charge < -0.3 is 4.74 Å². The van der Waals surface area contributed by atoms with Gasteiger partial charge >= 0.3 is 6.36 Å². The summed E-state index contributed by atoms with van der Waals surface area (Å²) in [5, 5.41) is -1.65. The van der Waals surface area contributed by atoms with Crippen LogP contribution in [0.15, 0.2) is 6.07 Å². The smallest absolute Gasteiger partial charge is 0.312 e. The summed E-state index contributed by atoms with van der Waals surface area (Å²) in [6, 6.07) is 0.0557. The normalized spacial score (nSPS) is 12.4. The Bertz CT molecular complexity index is 437. The molecule has 0 saturated carbocycles. The fourth-order valence-electron chi connectivity index (χ4n) is 0.795. The van der Waals surface area contributed by atoms with Crippen LogP contribution in [0, 0.1) is 23.3 Å². The molecule has 88 valence electrons. The molecule has 0 saturated heterocycles. The third-order valence-corrected chi connectivity index (χ3v) is 1.65. The van der Waals surface area contributed by atoms with Crippen LogP contribution in [0.5, 0.6) is 5.75 Å². The van der Waals surface area contributed by atoms with E-state index in [0.717, 1.165) is 0 Å². The van der Waals surface area contributed by atoms with Crippen LogP contribution in [-0.2, 0) is 4.79 Å². The van der Waals surface area contributed by atoms with Gasteiger partial charge in [-0.1, -0.05) is 0 Å². The van der Waals surface area contributed by atoms with E-state index in [1.54, 1.807) is 0 Å². The number of halogens is 6. The zero-order valence-corrected chi connectivity index (χ0v) is 7.99. The molecular weight excluding hydrogens is 259 g/mol. The molecule has 0 radical (unpaired) electrons. The molecule has 0 amide bonds. The first-order valence-corrected chi connectivity index (χ1v) is 4.05. The standard InChI is InChI=1S/C8H2ClF5O2/c9-7(15)8(14)16-3-1-2(10)4(11)6(13)5(3)12/h1,8H. The largest absolute Gasteiger partial charge is 0.449 e. The van der Waals surface area contributed by atoms with Crippen molar-refractivity contribution in [2.45, 2.75) is 6.36 Å². The van der Waals surface area contributed by atoms with Gasteiger partial charge in [0.25, 0.3) is 5.24 Å². The third-order valence-electron chi connectivity index (χ3n) is 1.48. The fraction of sp³-hybridized carbons (Fsp3) is 0.125. The summed E-state index contributed by atoms with van der Waals surface area (Å²) in [6.45, 7) is 0. The lowest BCUT2D eigenvalue weighted by Crippen LogP contribution is -2.18. The van der Waals surface area contributed by atoms with Crippen molar-refractivity contribution in [3.05, 3.63) is 29.3 Å². The molecule has 1 atom stereocenters. The Kier molecular flexibility index (Phi) is 3.69. The van der Waals surface area contributed by atoms with Crippen molar-refractivity contribution in [1.82, 2.24) is 0 Å². The predicted octanol–water partition coefficient (Wildman–Crippen LogP) is 2.68. The molecule has 2 nitrogen and oxygen atoms in total. The van der Waals surface area contributed by atoms with Gasteiger partial charge in [-0.3, -0.25) is 4.79 Å². The lowest BCUT2D eigenvalue weighted by molar-refractivity contribution is -0.124. The Morgan fingerprint density at radius 1 is 1.19 bits per heavy atom. The molecule has 0 bridgehead atoms.